The van der Waals surface area contributed by atoms with Gasteiger partial charge >= 0.3 is 0 Å². The lowest BCUT2D eigenvalue weighted by atomic mass is 10.3. The van der Waals surface area contributed by atoms with Crippen LogP contribution in [0.1, 0.15) is 18.6 Å². The number of para-hydroxylation sites is 2. The van der Waals surface area contributed by atoms with Crippen LogP contribution in [0.25, 0.3) is 0 Å². The Labute approximate surface area is 123 Å². The molecule has 0 atom stereocenters. The van der Waals surface area contributed by atoms with E-state index in [4.69, 9.17) is 14.9 Å². The molecule has 21 heavy (non-hydrogen) atoms. The van der Waals surface area contributed by atoms with E-state index in [0.29, 0.717) is 24.0 Å². The number of hydrogen-bond donors (Lipinski definition) is 1. The quantitative estimate of drug-likeness (QED) is 0.828. The topological polar surface area (TPSA) is 68.7 Å². The molecule has 1 saturated carbocycles. The highest BCUT2D eigenvalue weighted by molar-refractivity contribution is 5.78. The molecule has 5 heteroatoms. The van der Waals surface area contributed by atoms with Crippen molar-refractivity contribution in [2.75, 3.05) is 12.3 Å². The molecule has 0 bridgehead atoms. The minimum absolute atomic E-state index is 0.00851. The number of nitrogen functional groups attached to an aromatic ring is 1. The van der Waals surface area contributed by atoms with Crippen LogP contribution in [0.15, 0.2) is 47.1 Å². The summed E-state index contributed by atoms with van der Waals surface area (Å²) >= 11 is 0. The maximum atomic E-state index is 12.4. The Balaban J connectivity index is 1.61. The first-order valence-electron chi connectivity index (χ1n) is 7.03. The lowest BCUT2D eigenvalue weighted by molar-refractivity contribution is -0.134. The first-order chi connectivity index (χ1) is 10.2. The summed E-state index contributed by atoms with van der Waals surface area (Å²) in [4.78, 5) is 14.2. The number of furan rings is 1. The number of benzene rings is 1. The summed E-state index contributed by atoms with van der Waals surface area (Å²) in [6, 6.07) is 11.2. The van der Waals surface area contributed by atoms with Gasteiger partial charge in [0.1, 0.15) is 11.5 Å². The first-order valence-corrected chi connectivity index (χ1v) is 7.03. The fourth-order valence-electron chi connectivity index (χ4n) is 2.21. The minimum Gasteiger partial charge on any atom is -0.482 e. The molecule has 1 aliphatic rings. The Hall–Kier alpha value is -2.43. The SMILES string of the molecule is Nc1ccccc1OCC(=O)N(Cc1ccco1)C1CC1. The fraction of sp³-hybridized carbons (Fsp3) is 0.312. The standard InChI is InChI=1S/C16H18N2O3/c17-14-5-1-2-6-15(14)21-11-16(19)18(12-7-8-12)10-13-4-3-9-20-13/h1-6,9,12H,7-8,10-11,17H2. The molecule has 5 nitrogen and oxygen atoms in total. The summed E-state index contributed by atoms with van der Waals surface area (Å²) in [6.07, 6.45) is 3.70. The molecule has 3 rings (SSSR count). The van der Waals surface area contributed by atoms with Crippen molar-refractivity contribution in [3.8, 4) is 5.75 Å². The van der Waals surface area contributed by atoms with Gasteiger partial charge in [0.2, 0.25) is 0 Å². The smallest absolute Gasteiger partial charge is 0.261 e. The van der Waals surface area contributed by atoms with Crippen LogP contribution < -0.4 is 10.5 Å². The molecule has 0 unspecified atom stereocenters. The average molecular weight is 286 g/mol. The summed E-state index contributed by atoms with van der Waals surface area (Å²) in [5.41, 5.74) is 6.34. The van der Waals surface area contributed by atoms with E-state index < -0.39 is 0 Å². The van der Waals surface area contributed by atoms with Gasteiger partial charge in [-0.2, -0.15) is 0 Å². The number of amides is 1. The third-order valence-corrected chi connectivity index (χ3v) is 3.48. The lowest BCUT2D eigenvalue weighted by Crippen LogP contribution is -2.36. The summed E-state index contributed by atoms with van der Waals surface area (Å²) in [6.45, 7) is 0.482. The zero-order chi connectivity index (χ0) is 14.7. The van der Waals surface area contributed by atoms with Crippen molar-refractivity contribution < 1.29 is 13.9 Å². The zero-order valence-electron chi connectivity index (χ0n) is 11.7. The van der Waals surface area contributed by atoms with Crippen molar-refractivity contribution in [1.82, 2.24) is 4.90 Å². The number of ether oxygens (including phenoxy) is 1. The largest absolute Gasteiger partial charge is 0.482 e. The van der Waals surface area contributed by atoms with Crippen LogP contribution in [0.3, 0.4) is 0 Å². The fourth-order valence-corrected chi connectivity index (χ4v) is 2.21. The van der Waals surface area contributed by atoms with Gasteiger partial charge in [-0.1, -0.05) is 12.1 Å². The van der Waals surface area contributed by atoms with Crippen molar-refractivity contribution in [3.63, 3.8) is 0 Å². The zero-order valence-corrected chi connectivity index (χ0v) is 11.7. The Kier molecular flexibility index (Phi) is 3.81. The van der Waals surface area contributed by atoms with Gasteiger partial charge in [-0.3, -0.25) is 4.79 Å². The van der Waals surface area contributed by atoms with Crippen LogP contribution >= 0.6 is 0 Å². The molecule has 110 valence electrons. The van der Waals surface area contributed by atoms with E-state index >= 15 is 0 Å². The van der Waals surface area contributed by atoms with Crippen LogP contribution in [-0.4, -0.2) is 23.5 Å². The number of carbonyl (C=O) groups excluding carboxylic acids is 1. The van der Waals surface area contributed by atoms with Crippen molar-refractivity contribution in [1.29, 1.82) is 0 Å². The van der Waals surface area contributed by atoms with Gasteiger partial charge < -0.3 is 19.8 Å². The Morgan fingerprint density at radius 2 is 2.10 bits per heavy atom. The second-order valence-electron chi connectivity index (χ2n) is 5.16. The van der Waals surface area contributed by atoms with E-state index in [1.807, 2.05) is 29.2 Å². The summed E-state index contributed by atoms with van der Waals surface area (Å²) in [7, 11) is 0. The van der Waals surface area contributed by atoms with Crippen LogP contribution in [0.2, 0.25) is 0 Å². The molecule has 0 radical (unpaired) electrons. The molecule has 1 aromatic carbocycles. The lowest BCUT2D eigenvalue weighted by Gasteiger charge is -2.21. The summed E-state index contributed by atoms with van der Waals surface area (Å²) < 4.78 is 10.8. The van der Waals surface area contributed by atoms with E-state index in [1.165, 1.54) is 0 Å². The van der Waals surface area contributed by atoms with E-state index in [2.05, 4.69) is 0 Å². The molecule has 1 amide bonds. The highest BCUT2D eigenvalue weighted by atomic mass is 16.5. The summed E-state index contributed by atoms with van der Waals surface area (Å²) in [5, 5.41) is 0. The van der Waals surface area contributed by atoms with Gasteiger partial charge in [-0.25, -0.2) is 0 Å². The number of carbonyl (C=O) groups is 1. The van der Waals surface area contributed by atoms with E-state index in [-0.39, 0.29) is 12.5 Å². The van der Waals surface area contributed by atoms with Crippen molar-refractivity contribution in [2.45, 2.75) is 25.4 Å². The number of nitrogens with two attached hydrogens (primary N) is 1. The average Bonchev–Trinajstić information content (AvgIpc) is 3.20. The highest BCUT2D eigenvalue weighted by Gasteiger charge is 2.33. The number of anilines is 1. The van der Waals surface area contributed by atoms with Crippen molar-refractivity contribution in [2.24, 2.45) is 0 Å². The molecule has 2 N–H and O–H groups in total. The molecular weight excluding hydrogens is 268 g/mol. The van der Waals surface area contributed by atoms with E-state index in [1.54, 1.807) is 18.4 Å². The molecule has 1 heterocycles. The van der Waals surface area contributed by atoms with Crippen molar-refractivity contribution >= 4 is 11.6 Å². The molecule has 0 aliphatic heterocycles. The molecule has 0 spiro atoms. The van der Waals surface area contributed by atoms with Crippen molar-refractivity contribution in [3.05, 3.63) is 48.4 Å². The van der Waals surface area contributed by atoms with Crippen LogP contribution in [0, 0.1) is 0 Å². The molecule has 2 aromatic rings. The van der Waals surface area contributed by atoms with Crippen LogP contribution in [0.5, 0.6) is 5.75 Å². The van der Waals surface area contributed by atoms with E-state index in [0.717, 1.165) is 18.6 Å². The normalized spacial score (nSPS) is 13.9. The van der Waals surface area contributed by atoms with Gasteiger partial charge in [-0.05, 0) is 37.1 Å². The maximum absolute atomic E-state index is 12.4. The number of hydrogen-bond acceptors (Lipinski definition) is 4. The number of rotatable bonds is 6. The Morgan fingerprint density at radius 1 is 1.29 bits per heavy atom. The maximum Gasteiger partial charge on any atom is 0.261 e. The Bertz CT molecular complexity index is 606. The third kappa shape index (κ3) is 3.37. The second kappa shape index (κ2) is 5.91. The van der Waals surface area contributed by atoms with Gasteiger partial charge in [0.05, 0.1) is 18.5 Å². The second-order valence-corrected chi connectivity index (χ2v) is 5.16. The molecule has 0 saturated heterocycles. The monoisotopic (exact) mass is 286 g/mol. The van der Waals surface area contributed by atoms with Crippen LogP contribution in [-0.2, 0) is 11.3 Å². The minimum atomic E-state index is -0.0443. The first kappa shape index (κ1) is 13.5. The van der Waals surface area contributed by atoms with Gasteiger partial charge in [0.25, 0.3) is 5.91 Å². The van der Waals surface area contributed by atoms with E-state index in [9.17, 15) is 4.79 Å². The predicted molar refractivity (Wildman–Crippen MR) is 78.6 cm³/mol. The van der Waals surface area contributed by atoms with Crippen LogP contribution in [0.4, 0.5) is 5.69 Å². The number of nitrogens with zero attached hydrogens (tertiary/aromatic N) is 1. The van der Waals surface area contributed by atoms with Gasteiger partial charge in [0.15, 0.2) is 6.61 Å². The molecular formula is C16H18N2O3. The van der Waals surface area contributed by atoms with Gasteiger partial charge in [-0.15, -0.1) is 0 Å². The Morgan fingerprint density at radius 3 is 2.76 bits per heavy atom. The highest BCUT2D eigenvalue weighted by Crippen LogP contribution is 2.29. The summed E-state index contributed by atoms with van der Waals surface area (Å²) in [5.74, 6) is 1.28. The van der Waals surface area contributed by atoms with Gasteiger partial charge in [0, 0.05) is 6.04 Å². The third-order valence-electron chi connectivity index (χ3n) is 3.48. The molecule has 1 aromatic heterocycles. The predicted octanol–water partition coefficient (Wildman–Crippen LogP) is 2.43. The molecule has 1 aliphatic carbocycles. The molecule has 1 fully saturated rings.